The summed E-state index contributed by atoms with van der Waals surface area (Å²) in [6, 6.07) is 11.8. The molecule has 124 valence electrons. The first-order chi connectivity index (χ1) is 11.4. The van der Waals surface area contributed by atoms with Gasteiger partial charge >= 0.3 is 6.03 Å². The Morgan fingerprint density at radius 3 is 2.75 bits per heavy atom. The number of aryl methyl sites for hydroxylation is 2. The van der Waals surface area contributed by atoms with E-state index in [9.17, 15) is 4.79 Å². The van der Waals surface area contributed by atoms with Crippen molar-refractivity contribution in [2.75, 3.05) is 4.90 Å². The molecule has 2 aromatic rings. The number of benzene rings is 2. The Balaban J connectivity index is 1.80. The highest BCUT2D eigenvalue weighted by Gasteiger charge is 2.49. The Labute approximate surface area is 149 Å². The maximum Gasteiger partial charge on any atom is 0.325 e. The zero-order valence-electron chi connectivity index (χ0n) is 13.9. The molecule has 0 aliphatic carbocycles. The van der Waals surface area contributed by atoms with Gasteiger partial charge in [-0.05, 0) is 62.2 Å². The van der Waals surface area contributed by atoms with Gasteiger partial charge in [-0.2, -0.15) is 0 Å². The third-order valence-corrected chi connectivity index (χ3v) is 5.48. The monoisotopic (exact) mass is 386 g/mol. The van der Waals surface area contributed by atoms with Crippen LogP contribution in [0.2, 0.25) is 0 Å². The average Bonchev–Trinajstić information content (AvgIpc) is 2.51. The van der Waals surface area contributed by atoms with E-state index in [-0.39, 0.29) is 12.1 Å². The Hall–Kier alpha value is -2.01. The average molecular weight is 387 g/mol. The van der Waals surface area contributed by atoms with Crippen LogP contribution in [-0.4, -0.2) is 11.8 Å². The molecule has 5 heteroatoms. The number of carbonyl (C=O) groups is 1. The Morgan fingerprint density at radius 1 is 1.21 bits per heavy atom. The predicted octanol–water partition coefficient (Wildman–Crippen LogP) is 4.84. The quantitative estimate of drug-likeness (QED) is 0.761. The molecule has 2 bridgehead atoms. The molecule has 2 aromatic carbocycles. The number of rotatable bonds is 1. The van der Waals surface area contributed by atoms with E-state index in [4.69, 9.17) is 4.74 Å². The molecule has 0 spiro atoms. The van der Waals surface area contributed by atoms with Crippen LogP contribution in [0.5, 0.6) is 5.75 Å². The zero-order chi connectivity index (χ0) is 17.1. The Kier molecular flexibility index (Phi) is 3.39. The van der Waals surface area contributed by atoms with Gasteiger partial charge in [-0.15, -0.1) is 0 Å². The molecule has 2 amide bonds. The van der Waals surface area contributed by atoms with Crippen LogP contribution in [0.1, 0.15) is 36.1 Å². The normalized spacial score (nSPS) is 24.9. The first kappa shape index (κ1) is 15.5. The lowest BCUT2D eigenvalue weighted by molar-refractivity contribution is 0.0378. The van der Waals surface area contributed by atoms with Crippen molar-refractivity contribution in [1.82, 2.24) is 5.32 Å². The molecule has 2 aliphatic heterocycles. The number of anilines is 1. The molecule has 2 heterocycles. The summed E-state index contributed by atoms with van der Waals surface area (Å²) in [5, 5.41) is 3.13. The summed E-state index contributed by atoms with van der Waals surface area (Å²) in [6.07, 6.45) is 0.703. The number of amides is 2. The van der Waals surface area contributed by atoms with Gasteiger partial charge in [0.15, 0.2) is 5.72 Å². The van der Waals surface area contributed by atoms with E-state index in [1.165, 1.54) is 5.56 Å². The van der Waals surface area contributed by atoms with Gasteiger partial charge in [-0.25, -0.2) is 4.79 Å². The van der Waals surface area contributed by atoms with E-state index in [0.717, 1.165) is 27.0 Å². The molecule has 0 saturated carbocycles. The van der Waals surface area contributed by atoms with Crippen LogP contribution in [0, 0.1) is 13.8 Å². The fourth-order valence-electron chi connectivity index (χ4n) is 3.60. The Bertz CT molecular complexity index is 851. The second kappa shape index (κ2) is 5.24. The molecule has 2 aliphatic rings. The largest absolute Gasteiger partial charge is 0.467 e. The van der Waals surface area contributed by atoms with Gasteiger partial charge in [-0.1, -0.05) is 22.0 Å². The molecular formula is C19H19BrN2O2. The Morgan fingerprint density at radius 2 is 2.00 bits per heavy atom. The van der Waals surface area contributed by atoms with Gasteiger partial charge in [0.2, 0.25) is 0 Å². The third-order valence-electron chi connectivity index (χ3n) is 4.98. The second-order valence-corrected chi connectivity index (χ2v) is 7.69. The number of carbonyl (C=O) groups excluding carboxylic acids is 1. The van der Waals surface area contributed by atoms with Crippen molar-refractivity contribution in [3.05, 3.63) is 57.6 Å². The lowest BCUT2D eigenvalue weighted by Crippen LogP contribution is -2.65. The highest BCUT2D eigenvalue weighted by Crippen LogP contribution is 2.46. The fourth-order valence-corrected chi connectivity index (χ4v) is 3.98. The van der Waals surface area contributed by atoms with Crippen molar-refractivity contribution in [1.29, 1.82) is 0 Å². The van der Waals surface area contributed by atoms with E-state index in [1.807, 2.05) is 43.3 Å². The molecule has 0 unspecified atom stereocenters. The summed E-state index contributed by atoms with van der Waals surface area (Å²) in [6.45, 7) is 6.11. The smallest absolute Gasteiger partial charge is 0.325 e. The second-order valence-electron chi connectivity index (χ2n) is 6.77. The van der Waals surface area contributed by atoms with Crippen molar-refractivity contribution in [3.63, 3.8) is 0 Å². The molecule has 1 N–H and O–H groups in total. The zero-order valence-corrected chi connectivity index (χ0v) is 15.5. The number of hydrogen-bond acceptors (Lipinski definition) is 2. The van der Waals surface area contributed by atoms with Crippen molar-refractivity contribution >= 4 is 27.6 Å². The molecule has 1 fully saturated rings. The van der Waals surface area contributed by atoms with Crippen molar-refractivity contribution in [2.24, 2.45) is 0 Å². The first-order valence-corrected chi connectivity index (χ1v) is 8.83. The van der Waals surface area contributed by atoms with E-state index < -0.39 is 5.72 Å². The van der Waals surface area contributed by atoms with Crippen LogP contribution in [0.25, 0.3) is 0 Å². The minimum Gasteiger partial charge on any atom is -0.467 e. The summed E-state index contributed by atoms with van der Waals surface area (Å²) in [5.74, 6) is 0.825. The van der Waals surface area contributed by atoms with Crippen molar-refractivity contribution in [2.45, 2.75) is 39.0 Å². The molecule has 4 nitrogen and oxygen atoms in total. The lowest BCUT2D eigenvalue weighted by atomic mass is 9.90. The molecule has 24 heavy (non-hydrogen) atoms. The van der Waals surface area contributed by atoms with Gasteiger partial charge in [-0.3, -0.25) is 4.90 Å². The number of nitrogens with one attached hydrogen (secondary N) is 1. The maximum atomic E-state index is 12.8. The summed E-state index contributed by atoms with van der Waals surface area (Å²) < 4.78 is 7.28. The van der Waals surface area contributed by atoms with Crippen LogP contribution in [0.15, 0.2) is 40.9 Å². The topological polar surface area (TPSA) is 41.6 Å². The van der Waals surface area contributed by atoms with E-state index >= 15 is 0 Å². The molecule has 0 radical (unpaired) electrons. The van der Waals surface area contributed by atoms with Crippen LogP contribution >= 0.6 is 15.9 Å². The van der Waals surface area contributed by atoms with Gasteiger partial charge in [0.05, 0.1) is 6.04 Å². The first-order valence-electron chi connectivity index (χ1n) is 8.04. The minimum atomic E-state index is -0.699. The van der Waals surface area contributed by atoms with Crippen molar-refractivity contribution < 1.29 is 9.53 Å². The van der Waals surface area contributed by atoms with Crippen LogP contribution < -0.4 is 15.0 Å². The number of halogens is 1. The van der Waals surface area contributed by atoms with Crippen LogP contribution in [0.3, 0.4) is 0 Å². The molecule has 2 atom stereocenters. The molecular weight excluding hydrogens is 368 g/mol. The molecule has 1 saturated heterocycles. The molecule has 0 aromatic heterocycles. The number of hydrogen-bond donors (Lipinski definition) is 1. The number of ether oxygens (including phenoxy) is 1. The van der Waals surface area contributed by atoms with E-state index in [2.05, 4.69) is 35.1 Å². The summed E-state index contributed by atoms with van der Waals surface area (Å²) in [4.78, 5) is 14.6. The highest BCUT2D eigenvalue weighted by molar-refractivity contribution is 9.10. The van der Waals surface area contributed by atoms with Gasteiger partial charge in [0.25, 0.3) is 0 Å². The van der Waals surface area contributed by atoms with Gasteiger partial charge in [0.1, 0.15) is 5.75 Å². The number of urea groups is 1. The fraction of sp³-hybridized carbons (Fsp3) is 0.316. The minimum absolute atomic E-state index is 0.0356. The summed E-state index contributed by atoms with van der Waals surface area (Å²) in [7, 11) is 0. The van der Waals surface area contributed by atoms with Gasteiger partial charge < -0.3 is 10.1 Å². The molecule has 4 rings (SSSR count). The van der Waals surface area contributed by atoms with Crippen LogP contribution in [0.4, 0.5) is 10.5 Å². The summed E-state index contributed by atoms with van der Waals surface area (Å²) in [5.41, 5.74) is 3.55. The van der Waals surface area contributed by atoms with Gasteiger partial charge in [0, 0.05) is 22.1 Å². The SMILES string of the molecule is Cc1ccc(N2C(=O)N[C@H]3C[C@@]2(C)Oc2ccc(Br)cc23)cc1C. The highest BCUT2D eigenvalue weighted by atomic mass is 79.9. The van der Waals surface area contributed by atoms with E-state index in [0.29, 0.717) is 6.42 Å². The van der Waals surface area contributed by atoms with Crippen LogP contribution in [-0.2, 0) is 0 Å². The lowest BCUT2D eigenvalue weighted by Gasteiger charge is -2.50. The number of fused-ring (bicyclic) bond motifs is 4. The van der Waals surface area contributed by atoms with E-state index in [1.54, 1.807) is 4.90 Å². The number of nitrogens with zero attached hydrogens (tertiary/aromatic N) is 1. The third kappa shape index (κ3) is 2.30. The maximum absolute atomic E-state index is 12.8. The van der Waals surface area contributed by atoms with Crippen molar-refractivity contribution in [3.8, 4) is 5.75 Å². The predicted molar refractivity (Wildman–Crippen MR) is 97.5 cm³/mol. The summed E-state index contributed by atoms with van der Waals surface area (Å²) >= 11 is 3.49. The standard InChI is InChI=1S/C19H19BrN2O2/c1-11-4-6-14(8-12(11)2)22-18(23)21-16-10-19(22,3)24-17-7-5-13(20)9-15(16)17/h4-9,16H,10H2,1-3H3,(H,21,23)/t16-,19+/m0/s1.